The number of rotatable bonds is 0. The molecule has 0 amide bonds. The minimum Gasteiger partial charge on any atom is -0.680 e. The van der Waals surface area contributed by atoms with Crippen LogP contribution in [0.25, 0.3) is 10.8 Å². The molecular formula is C6H20CrN2Si2. The van der Waals surface area contributed by atoms with E-state index in [9.17, 15) is 0 Å². The summed E-state index contributed by atoms with van der Waals surface area (Å²) in [5, 5.41) is 14.2. The number of nitrogens with one attached hydrogen (secondary N) is 2. The van der Waals surface area contributed by atoms with Crippen LogP contribution in [0.2, 0.25) is 39.3 Å². The minimum absolute atomic E-state index is 0. The molecule has 0 atom stereocenters. The molecule has 0 aliphatic rings. The van der Waals surface area contributed by atoms with E-state index in [0.29, 0.717) is 0 Å². The van der Waals surface area contributed by atoms with Crippen molar-refractivity contribution >= 4 is 16.5 Å². The average Bonchev–Trinajstić information content (AvgIpc) is 1.12. The molecule has 0 rings (SSSR count). The van der Waals surface area contributed by atoms with E-state index in [1.165, 1.54) is 0 Å². The molecule has 0 fully saturated rings. The third-order valence-corrected chi connectivity index (χ3v) is 0. The molecular weight excluding hydrogens is 208 g/mol. The van der Waals surface area contributed by atoms with Gasteiger partial charge in [0.2, 0.25) is 0 Å². The summed E-state index contributed by atoms with van der Waals surface area (Å²) in [7, 11) is -2.72. The van der Waals surface area contributed by atoms with Crippen LogP contribution in [0.5, 0.6) is 0 Å². The van der Waals surface area contributed by atoms with Crippen LogP contribution >= 0.6 is 0 Å². The van der Waals surface area contributed by atoms with Crippen LogP contribution < -0.4 is 0 Å². The zero-order valence-electron chi connectivity index (χ0n) is 8.41. The second-order valence-electron chi connectivity index (χ2n) is 4.50. The molecule has 0 aromatic heterocycles. The van der Waals surface area contributed by atoms with Crippen molar-refractivity contribution in [3.8, 4) is 0 Å². The molecule has 0 aromatic carbocycles. The van der Waals surface area contributed by atoms with Gasteiger partial charge in [-0.2, -0.15) is 0 Å². The largest absolute Gasteiger partial charge is 2.00 e. The molecule has 11 heavy (non-hydrogen) atoms. The molecule has 0 aromatic rings. The van der Waals surface area contributed by atoms with Crippen LogP contribution in [-0.4, -0.2) is 16.5 Å². The molecule has 0 saturated carbocycles. The van der Waals surface area contributed by atoms with E-state index in [1.807, 2.05) is 39.3 Å². The fourth-order valence-corrected chi connectivity index (χ4v) is 0. The molecule has 0 bridgehead atoms. The Balaban J connectivity index is -0.000000107. The Bertz CT molecular complexity index is 61.6. The number of hydrogen-bond acceptors (Lipinski definition) is 0. The summed E-state index contributed by atoms with van der Waals surface area (Å²) >= 11 is 0. The SMILES string of the molecule is C[Si](C)(C)[NH-].C[Si](C)(C)[NH-].[Cr+2]. The van der Waals surface area contributed by atoms with Gasteiger partial charge in [0.1, 0.15) is 0 Å². The quantitative estimate of drug-likeness (QED) is 0.567. The maximum absolute atomic E-state index is 7.08. The van der Waals surface area contributed by atoms with Gasteiger partial charge in [0.15, 0.2) is 0 Å². The Kier molecular flexibility index (Phi) is 10.4. The Morgan fingerprint density at radius 3 is 0.636 bits per heavy atom. The number of hydrogen-bond donors (Lipinski definition) is 0. The van der Waals surface area contributed by atoms with Gasteiger partial charge in [0.25, 0.3) is 0 Å². The predicted molar refractivity (Wildman–Crippen MR) is 55.3 cm³/mol. The van der Waals surface area contributed by atoms with E-state index in [0.717, 1.165) is 0 Å². The first-order valence-electron chi connectivity index (χ1n) is 3.50. The van der Waals surface area contributed by atoms with Gasteiger partial charge in [-0.15, -0.1) is 0 Å². The molecule has 5 heteroatoms. The molecule has 0 saturated heterocycles. The zero-order chi connectivity index (χ0) is 9.00. The monoisotopic (exact) mass is 228 g/mol. The van der Waals surface area contributed by atoms with Crippen molar-refractivity contribution in [3.63, 3.8) is 0 Å². The predicted octanol–water partition coefficient (Wildman–Crippen LogP) is 3.74. The van der Waals surface area contributed by atoms with Gasteiger partial charge in [0.05, 0.1) is 0 Å². The summed E-state index contributed by atoms with van der Waals surface area (Å²) in [6, 6.07) is 0. The van der Waals surface area contributed by atoms with Crippen molar-refractivity contribution in [2.45, 2.75) is 39.3 Å². The summed E-state index contributed by atoms with van der Waals surface area (Å²) < 4.78 is 0. The molecule has 68 valence electrons. The molecule has 2 N–H and O–H groups in total. The van der Waals surface area contributed by atoms with Crippen molar-refractivity contribution in [2.24, 2.45) is 0 Å². The maximum Gasteiger partial charge on any atom is 2.00 e. The van der Waals surface area contributed by atoms with Crippen LogP contribution in [0.15, 0.2) is 0 Å². The van der Waals surface area contributed by atoms with Crippen molar-refractivity contribution in [3.05, 3.63) is 10.8 Å². The van der Waals surface area contributed by atoms with Gasteiger partial charge in [0, 0.05) is 0 Å². The average molecular weight is 228 g/mol. The van der Waals surface area contributed by atoms with E-state index in [4.69, 9.17) is 10.8 Å². The Morgan fingerprint density at radius 1 is 0.636 bits per heavy atom. The normalized spacial score (nSPS) is 10.9. The van der Waals surface area contributed by atoms with Gasteiger partial charge >= 0.3 is 17.4 Å². The molecule has 0 unspecified atom stereocenters. The van der Waals surface area contributed by atoms with Gasteiger partial charge in [-0.25, -0.2) is 0 Å². The topological polar surface area (TPSA) is 47.6 Å². The molecule has 0 aliphatic carbocycles. The third kappa shape index (κ3) is 1090. The Hall–Kier alpha value is 0.886. The van der Waals surface area contributed by atoms with Crippen molar-refractivity contribution in [1.82, 2.24) is 0 Å². The van der Waals surface area contributed by atoms with E-state index >= 15 is 0 Å². The summed E-state index contributed by atoms with van der Waals surface area (Å²) in [4.78, 5) is 0. The Morgan fingerprint density at radius 2 is 0.636 bits per heavy atom. The van der Waals surface area contributed by atoms with Crippen LogP contribution in [0.3, 0.4) is 0 Å². The van der Waals surface area contributed by atoms with Gasteiger partial charge < -0.3 is 10.8 Å². The first-order chi connectivity index (χ1) is 4.00. The zero-order valence-corrected chi connectivity index (χ0v) is 11.7. The van der Waals surface area contributed by atoms with E-state index in [2.05, 4.69) is 0 Å². The van der Waals surface area contributed by atoms with Crippen molar-refractivity contribution in [1.29, 1.82) is 0 Å². The van der Waals surface area contributed by atoms with Crippen LogP contribution in [0.1, 0.15) is 0 Å². The molecule has 0 spiro atoms. The molecule has 0 heterocycles. The Labute approximate surface area is 84.0 Å². The third-order valence-electron chi connectivity index (χ3n) is 0. The fourth-order valence-electron chi connectivity index (χ4n) is 0. The van der Waals surface area contributed by atoms with E-state index in [1.54, 1.807) is 0 Å². The molecule has 0 aliphatic heterocycles. The summed E-state index contributed by atoms with van der Waals surface area (Å²) in [6.07, 6.45) is 0. The van der Waals surface area contributed by atoms with Gasteiger partial charge in [-0.05, 0) is 0 Å². The summed E-state index contributed by atoms with van der Waals surface area (Å²) in [5.74, 6) is 0. The van der Waals surface area contributed by atoms with Crippen LogP contribution in [0, 0.1) is 0 Å². The summed E-state index contributed by atoms with van der Waals surface area (Å²) in [6.45, 7) is 12.0. The van der Waals surface area contributed by atoms with Crippen LogP contribution in [0.4, 0.5) is 0 Å². The van der Waals surface area contributed by atoms with E-state index in [-0.39, 0.29) is 17.4 Å². The fraction of sp³-hybridized carbons (Fsp3) is 1.00. The maximum atomic E-state index is 7.08. The minimum atomic E-state index is -1.36. The second-order valence-corrected chi connectivity index (χ2v) is 13.5. The molecule has 0 radical (unpaired) electrons. The van der Waals surface area contributed by atoms with Gasteiger partial charge in [-0.3, -0.25) is 0 Å². The first kappa shape index (κ1) is 17.8. The smallest absolute Gasteiger partial charge is 0.680 e. The van der Waals surface area contributed by atoms with Crippen LogP contribution in [-0.2, 0) is 17.4 Å². The van der Waals surface area contributed by atoms with E-state index < -0.39 is 16.5 Å². The first-order valence-corrected chi connectivity index (χ1v) is 10.5. The second kappa shape index (κ2) is 6.41. The van der Waals surface area contributed by atoms with Gasteiger partial charge in [-0.1, -0.05) is 55.8 Å². The standard InChI is InChI=1S/2C3H10NSi.Cr/c2*1-5(2,3)4;/h2*4H,1-3H3;/q2*-1;+2. The molecule has 2 nitrogen and oxygen atoms in total. The van der Waals surface area contributed by atoms with Crippen molar-refractivity contribution < 1.29 is 17.4 Å². The summed E-state index contributed by atoms with van der Waals surface area (Å²) in [5.41, 5.74) is 0. The van der Waals surface area contributed by atoms with Crippen molar-refractivity contribution in [2.75, 3.05) is 0 Å².